The van der Waals surface area contributed by atoms with E-state index in [1.807, 2.05) is 17.8 Å². The minimum absolute atomic E-state index is 0.564. The third-order valence-corrected chi connectivity index (χ3v) is 2.47. The molecule has 3 aromatic heterocycles. The van der Waals surface area contributed by atoms with Crippen LogP contribution in [0.25, 0.3) is 17.2 Å². The Kier molecular flexibility index (Phi) is 1.92. The van der Waals surface area contributed by atoms with E-state index >= 15 is 0 Å². The van der Waals surface area contributed by atoms with Crippen molar-refractivity contribution in [3.05, 3.63) is 36.4 Å². The van der Waals surface area contributed by atoms with E-state index in [9.17, 15) is 0 Å². The number of imidazole rings is 1. The van der Waals surface area contributed by atoms with Gasteiger partial charge in [-0.1, -0.05) is 0 Å². The predicted octanol–water partition coefficient (Wildman–Crippen LogP) is 1.00. The molecule has 6 nitrogen and oxygen atoms in total. The topological polar surface area (TPSA) is 71.8 Å². The lowest BCUT2D eigenvalue weighted by Gasteiger charge is -1.96. The van der Waals surface area contributed by atoms with Crippen LogP contribution >= 0.6 is 0 Å². The first-order valence-corrected chi connectivity index (χ1v) is 5.01. The number of nitrogens with zero attached hydrogens (tertiary/aromatic N) is 6. The number of aromatic nitrogens is 5. The summed E-state index contributed by atoms with van der Waals surface area (Å²) >= 11 is 0. The van der Waals surface area contributed by atoms with Gasteiger partial charge < -0.3 is 4.57 Å². The molecule has 3 aromatic rings. The number of aryl methyl sites for hydroxylation is 1. The summed E-state index contributed by atoms with van der Waals surface area (Å²) in [5, 5.41) is 17.0. The van der Waals surface area contributed by atoms with E-state index in [0.717, 1.165) is 5.69 Å². The molecule has 0 spiro atoms. The van der Waals surface area contributed by atoms with Crippen LogP contribution in [0.5, 0.6) is 0 Å². The van der Waals surface area contributed by atoms with Crippen molar-refractivity contribution >= 4 is 5.65 Å². The Bertz CT molecular complexity index is 730. The molecular formula is C11H8N6. The van der Waals surface area contributed by atoms with Crippen LogP contribution in [0.2, 0.25) is 0 Å². The van der Waals surface area contributed by atoms with Gasteiger partial charge in [0.05, 0.1) is 11.9 Å². The SMILES string of the molecule is Cn1cnc(-c2nnc3ccc(C#N)cn23)c1. The molecule has 0 bridgehead atoms. The summed E-state index contributed by atoms with van der Waals surface area (Å²) in [4.78, 5) is 4.22. The van der Waals surface area contributed by atoms with E-state index in [1.54, 1.807) is 29.1 Å². The molecule has 6 heteroatoms. The summed E-state index contributed by atoms with van der Waals surface area (Å²) in [6.07, 6.45) is 5.26. The van der Waals surface area contributed by atoms with Crippen LogP contribution < -0.4 is 0 Å². The summed E-state index contributed by atoms with van der Waals surface area (Å²) in [6.45, 7) is 0. The zero-order valence-corrected chi connectivity index (χ0v) is 9.07. The molecule has 17 heavy (non-hydrogen) atoms. The molecule has 3 rings (SSSR count). The Labute approximate surface area is 96.8 Å². The molecule has 0 aliphatic rings. The van der Waals surface area contributed by atoms with E-state index < -0.39 is 0 Å². The quantitative estimate of drug-likeness (QED) is 0.618. The second kappa shape index (κ2) is 3.42. The van der Waals surface area contributed by atoms with Gasteiger partial charge in [-0.2, -0.15) is 5.26 Å². The van der Waals surface area contributed by atoms with Crippen LogP contribution in [0.1, 0.15) is 5.56 Å². The molecular weight excluding hydrogens is 216 g/mol. The lowest BCUT2D eigenvalue weighted by molar-refractivity contribution is 0.913. The fraction of sp³-hybridized carbons (Fsp3) is 0.0909. The number of nitriles is 1. The lowest BCUT2D eigenvalue weighted by atomic mass is 10.3. The van der Waals surface area contributed by atoms with Crippen molar-refractivity contribution in [1.29, 1.82) is 5.26 Å². The minimum Gasteiger partial charge on any atom is -0.340 e. The highest BCUT2D eigenvalue weighted by Gasteiger charge is 2.10. The van der Waals surface area contributed by atoms with Crippen molar-refractivity contribution in [2.24, 2.45) is 7.05 Å². The van der Waals surface area contributed by atoms with Gasteiger partial charge in [0.25, 0.3) is 0 Å². The standard InChI is InChI=1S/C11H8N6/c1-16-6-9(13-7-16)11-15-14-10-3-2-8(4-12)5-17(10)11/h2-3,5-7H,1H3. The Morgan fingerprint density at radius 1 is 1.24 bits per heavy atom. The van der Waals surface area contributed by atoms with Gasteiger partial charge in [-0.15, -0.1) is 10.2 Å². The van der Waals surface area contributed by atoms with Crippen LogP contribution in [-0.2, 0) is 7.05 Å². The molecule has 0 aromatic carbocycles. The van der Waals surface area contributed by atoms with Crippen molar-refractivity contribution in [3.8, 4) is 17.6 Å². The summed E-state index contributed by atoms with van der Waals surface area (Å²) < 4.78 is 3.60. The molecule has 0 N–H and O–H groups in total. The van der Waals surface area contributed by atoms with Gasteiger partial charge in [0.15, 0.2) is 11.5 Å². The predicted molar refractivity (Wildman–Crippen MR) is 59.9 cm³/mol. The van der Waals surface area contributed by atoms with Gasteiger partial charge in [-0.3, -0.25) is 4.40 Å². The van der Waals surface area contributed by atoms with Crippen molar-refractivity contribution in [1.82, 2.24) is 24.1 Å². The zero-order chi connectivity index (χ0) is 11.8. The molecule has 0 unspecified atom stereocenters. The zero-order valence-electron chi connectivity index (χ0n) is 9.07. The van der Waals surface area contributed by atoms with E-state index in [1.165, 1.54) is 0 Å². The molecule has 0 radical (unpaired) electrons. The molecule has 82 valence electrons. The van der Waals surface area contributed by atoms with Crippen LogP contribution in [0, 0.1) is 11.3 Å². The smallest absolute Gasteiger partial charge is 0.188 e. The van der Waals surface area contributed by atoms with Gasteiger partial charge in [-0.25, -0.2) is 4.98 Å². The maximum Gasteiger partial charge on any atom is 0.188 e. The average molecular weight is 224 g/mol. The van der Waals surface area contributed by atoms with E-state index in [-0.39, 0.29) is 0 Å². The Balaban J connectivity index is 2.27. The number of hydrogen-bond donors (Lipinski definition) is 0. The van der Waals surface area contributed by atoms with Gasteiger partial charge in [0, 0.05) is 19.4 Å². The van der Waals surface area contributed by atoms with E-state index in [2.05, 4.69) is 21.3 Å². The average Bonchev–Trinajstić information content (AvgIpc) is 2.93. The maximum atomic E-state index is 8.88. The number of fused-ring (bicyclic) bond motifs is 1. The van der Waals surface area contributed by atoms with Gasteiger partial charge in [0.2, 0.25) is 0 Å². The second-order valence-corrected chi connectivity index (χ2v) is 3.71. The highest BCUT2D eigenvalue weighted by atomic mass is 15.3. The second-order valence-electron chi connectivity index (χ2n) is 3.71. The highest BCUT2D eigenvalue weighted by molar-refractivity contribution is 5.55. The van der Waals surface area contributed by atoms with Gasteiger partial charge >= 0.3 is 0 Å². The van der Waals surface area contributed by atoms with Crippen LogP contribution in [0.15, 0.2) is 30.9 Å². The number of hydrogen-bond acceptors (Lipinski definition) is 4. The minimum atomic E-state index is 0.564. The van der Waals surface area contributed by atoms with Crippen molar-refractivity contribution in [2.45, 2.75) is 0 Å². The molecule has 0 aliphatic carbocycles. The first-order chi connectivity index (χ1) is 8.28. The Morgan fingerprint density at radius 3 is 2.82 bits per heavy atom. The van der Waals surface area contributed by atoms with Crippen molar-refractivity contribution in [3.63, 3.8) is 0 Å². The fourth-order valence-corrected chi connectivity index (χ4v) is 1.66. The normalized spacial score (nSPS) is 10.6. The van der Waals surface area contributed by atoms with Crippen LogP contribution in [0.3, 0.4) is 0 Å². The first kappa shape index (κ1) is 9.54. The molecule has 3 heterocycles. The summed E-state index contributed by atoms with van der Waals surface area (Å²) in [5.74, 6) is 0.637. The molecule has 0 fully saturated rings. The summed E-state index contributed by atoms with van der Waals surface area (Å²) in [6, 6.07) is 5.57. The van der Waals surface area contributed by atoms with Gasteiger partial charge in [-0.05, 0) is 12.1 Å². The Hall–Kier alpha value is -2.68. The van der Waals surface area contributed by atoms with Crippen LogP contribution in [-0.4, -0.2) is 24.1 Å². The third kappa shape index (κ3) is 1.45. The fourth-order valence-electron chi connectivity index (χ4n) is 1.66. The van der Waals surface area contributed by atoms with Crippen molar-refractivity contribution in [2.75, 3.05) is 0 Å². The molecule has 0 aliphatic heterocycles. The highest BCUT2D eigenvalue weighted by Crippen LogP contribution is 2.16. The largest absolute Gasteiger partial charge is 0.340 e. The molecule has 0 amide bonds. The van der Waals surface area contributed by atoms with Crippen molar-refractivity contribution < 1.29 is 0 Å². The van der Waals surface area contributed by atoms with E-state index in [0.29, 0.717) is 17.0 Å². The van der Waals surface area contributed by atoms with E-state index in [4.69, 9.17) is 5.26 Å². The monoisotopic (exact) mass is 224 g/mol. The van der Waals surface area contributed by atoms with Gasteiger partial charge in [0.1, 0.15) is 11.8 Å². The molecule has 0 atom stereocenters. The summed E-state index contributed by atoms with van der Waals surface area (Å²) in [5.41, 5.74) is 1.99. The third-order valence-electron chi connectivity index (χ3n) is 2.47. The molecule has 0 saturated heterocycles. The summed E-state index contributed by atoms with van der Waals surface area (Å²) in [7, 11) is 1.89. The number of rotatable bonds is 1. The Morgan fingerprint density at radius 2 is 2.12 bits per heavy atom. The first-order valence-electron chi connectivity index (χ1n) is 5.01. The van der Waals surface area contributed by atoms with Crippen LogP contribution in [0.4, 0.5) is 0 Å². The molecule has 0 saturated carbocycles. The number of pyridine rings is 1. The maximum absolute atomic E-state index is 8.88. The lowest BCUT2D eigenvalue weighted by Crippen LogP contribution is -1.90.